The van der Waals surface area contributed by atoms with Gasteiger partial charge in [-0.3, -0.25) is 0 Å². The van der Waals surface area contributed by atoms with Crippen molar-refractivity contribution in [1.82, 2.24) is 5.32 Å². The molecule has 0 saturated carbocycles. The first-order chi connectivity index (χ1) is 7.74. The Labute approximate surface area is 104 Å². The van der Waals surface area contributed by atoms with Gasteiger partial charge in [0.1, 0.15) is 0 Å². The highest BCUT2D eigenvalue weighted by molar-refractivity contribution is 6.30. The Bertz CT molecular complexity index is 327. The van der Waals surface area contributed by atoms with Crippen molar-refractivity contribution in [1.29, 1.82) is 0 Å². The van der Waals surface area contributed by atoms with Crippen LogP contribution in [0.1, 0.15) is 32.3 Å². The number of hydrogen-bond donors (Lipinski definition) is 1. The zero-order chi connectivity index (χ0) is 11.8. The smallest absolute Gasteiger partial charge is 0.0406 e. The van der Waals surface area contributed by atoms with Crippen LogP contribution >= 0.6 is 11.6 Å². The maximum atomic E-state index is 5.85. The third-order valence-corrected chi connectivity index (χ3v) is 2.75. The predicted molar refractivity (Wildman–Crippen MR) is 72.9 cm³/mol. The molecule has 1 nitrogen and oxygen atoms in total. The first-order valence-corrected chi connectivity index (χ1v) is 6.25. The first-order valence-electron chi connectivity index (χ1n) is 5.87. The van der Waals surface area contributed by atoms with Gasteiger partial charge in [0.05, 0.1) is 0 Å². The molecule has 0 saturated heterocycles. The van der Waals surface area contributed by atoms with Crippen molar-refractivity contribution in [3.8, 4) is 0 Å². The molecule has 0 heterocycles. The number of nitrogens with one attached hydrogen (secondary N) is 1. The Kier molecular flexibility index (Phi) is 6.20. The molecule has 0 aromatic heterocycles. The van der Waals surface area contributed by atoms with Crippen LogP contribution in [0.25, 0.3) is 5.57 Å². The van der Waals surface area contributed by atoms with Gasteiger partial charge in [0.15, 0.2) is 0 Å². The molecule has 0 radical (unpaired) electrons. The minimum absolute atomic E-state index is 0.793. The molecule has 0 spiro atoms. The van der Waals surface area contributed by atoms with Gasteiger partial charge in [-0.2, -0.15) is 0 Å². The van der Waals surface area contributed by atoms with Crippen LogP contribution in [0, 0.1) is 0 Å². The lowest BCUT2D eigenvalue weighted by Gasteiger charge is -2.03. The highest BCUT2D eigenvalue weighted by Crippen LogP contribution is 2.17. The van der Waals surface area contributed by atoms with E-state index in [0.29, 0.717) is 0 Å². The molecule has 88 valence electrons. The van der Waals surface area contributed by atoms with Crippen LogP contribution in [-0.2, 0) is 0 Å². The van der Waals surface area contributed by atoms with Gasteiger partial charge >= 0.3 is 0 Å². The molecule has 0 amide bonds. The number of allylic oxidation sites excluding steroid dienone is 1. The van der Waals surface area contributed by atoms with Crippen LogP contribution in [0.4, 0.5) is 0 Å². The van der Waals surface area contributed by atoms with Gasteiger partial charge < -0.3 is 5.32 Å². The maximum absolute atomic E-state index is 5.85. The Morgan fingerprint density at radius 3 is 2.56 bits per heavy atom. The molecule has 1 N–H and O–H groups in total. The van der Waals surface area contributed by atoms with Crippen LogP contribution in [-0.4, -0.2) is 13.1 Å². The van der Waals surface area contributed by atoms with Gasteiger partial charge in [-0.1, -0.05) is 36.7 Å². The third-order valence-electron chi connectivity index (χ3n) is 2.50. The van der Waals surface area contributed by atoms with E-state index in [2.05, 4.69) is 37.4 Å². The van der Waals surface area contributed by atoms with Crippen molar-refractivity contribution in [3.63, 3.8) is 0 Å². The average molecular weight is 238 g/mol. The second kappa shape index (κ2) is 7.48. The standard InChI is InChI=1S/C14H20ClN/c1-3-10-16-11-4-5-12(2)13-6-8-14(15)9-7-13/h5-9,16H,3-4,10-11H2,1-2H3. The fourth-order valence-electron chi connectivity index (χ4n) is 1.52. The van der Waals surface area contributed by atoms with E-state index in [-0.39, 0.29) is 0 Å². The van der Waals surface area contributed by atoms with Crippen molar-refractivity contribution < 1.29 is 0 Å². The number of benzene rings is 1. The summed E-state index contributed by atoms with van der Waals surface area (Å²) in [6.07, 6.45) is 4.54. The lowest BCUT2D eigenvalue weighted by Crippen LogP contribution is -2.15. The molecule has 1 rings (SSSR count). The third kappa shape index (κ3) is 4.82. The fourth-order valence-corrected chi connectivity index (χ4v) is 1.65. The summed E-state index contributed by atoms with van der Waals surface area (Å²) in [5, 5.41) is 4.18. The van der Waals surface area contributed by atoms with Crippen molar-refractivity contribution in [2.45, 2.75) is 26.7 Å². The average Bonchev–Trinajstić information content (AvgIpc) is 2.29. The van der Waals surface area contributed by atoms with Gasteiger partial charge in [0.2, 0.25) is 0 Å². The van der Waals surface area contributed by atoms with E-state index in [9.17, 15) is 0 Å². The summed E-state index contributed by atoms with van der Waals surface area (Å²) in [6.45, 7) is 6.48. The highest BCUT2D eigenvalue weighted by atomic mass is 35.5. The molecule has 0 bridgehead atoms. The topological polar surface area (TPSA) is 12.0 Å². The quantitative estimate of drug-likeness (QED) is 0.734. The molecule has 0 aliphatic carbocycles. The number of halogens is 1. The SMILES string of the molecule is CCCNCCC=C(C)c1ccc(Cl)cc1. The fraction of sp³-hybridized carbons (Fsp3) is 0.429. The van der Waals surface area contributed by atoms with E-state index in [1.54, 1.807) is 0 Å². The summed E-state index contributed by atoms with van der Waals surface area (Å²) in [6, 6.07) is 7.99. The van der Waals surface area contributed by atoms with E-state index >= 15 is 0 Å². The van der Waals surface area contributed by atoms with E-state index < -0.39 is 0 Å². The molecule has 1 aromatic rings. The molecule has 0 fully saturated rings. The molecule has 2 heteroatoms. The lowest BCUT2D eigenvalue weighted by atomic mass is 10.1. The summed E-state index contributed by atoms with van der Waals surface area (Å²) < 4.78 is 0. The van der Waals surface area contributed by atoms with Crippen LogP contribution in [0.3, 0.4) is 0 Å². The van der Waals surface area contributed by atoms with E-state index in [4.69, 9.17) is 11.6 Å². The van der Waals surface area contributed by atoms with Crippen molar-refractivity contribution in [3.05, 3.63) is 40.9 Å². The normalized spacial score (nSPS) is 11.8. The summed E-state index contributed by atoms with van der Waals surface area (Å²) >= 11 is 5.85. The Morgan fingerprint density at radius 1 is 1.25 bits per heavy atom. The Morgan fingerprint density at radius 2 is 1.94 bits per heavy atom. The van der Waals surface area contributed by atoms with Crippen LogP contribution in [0.15, 0.2) is 30.3 Å². The van der Waals surface area contributed by atoms with Crippen molar-refractivity contribution in [2.75, 3.05) is 13.1 Å². The Balaban J connectivity index is 2.41. The molecule has 16 heavy (non-hydrogen) atoms. The largest absolute Gasteiger partial charge is 0.316 e. The van der Waals surface area contributed by atoms with Crippen molar-refractivity contribution >= 4 is 17.2 Å². The summed E-state index contributed by atoms with van der Waals surface area (Å²) in [5.41, 5.74) is 2.56. The minimum Gasteiger partial charge on any atom is -0.316 e. The highest BCUT2D eigenvalue weighted by Gasteiger charge is 1.94. The predicted octanol–water partition coefficient (Wildman–Crippen LogP) is 4.13. The summed E-state index contributed by atoms with van der Waals surface area (Å²) in [7, 11) is 0. The minimum atomic E-state index is 0.793. The van der Waals surface area contributed by atoms with Gasteiger partial charge in [-0.25, -0.2) is 0 Å². The molecule has 1 aromatic carbocycles. The number of hydrogen-bond acceptors (Lipinski definition) is 1. The maximum Gasteiger partial charge on any atom is 0.0406 e. The molecular formula is C14H20ClN. The second-order valence-electron chi connectivity index (χ2n) is 3.93. The molecule has 0 unspecified atom stereocenters. The molecule has 0 atom stereocenters. The van der Waals surface area contributed by atoms with Gasteiger partial charge in [-0.15, -0.1) is 0 Å². The molecule has 0 aliphatic rings. The zero-order valence-corrected chi connectivity index (χ0v) is 10.8. The van der Waals surface area contributed by atoms with E-state index in [1.807, 2.05) is 12.1 Å². The van der Waals surface area contributed by atoms with Crippen LogP contribution in [0.5, 0.6) is 0 Å². The summed E-state index contributed by atoms with van der Waals surface area (Å²) in [4.78, 5) is 0. The Hall–Kier alpha value is -0.790. The van der Waals surface area contributed by atoms with E-state index in [1.165, 1.54) is 17.6 Å². The van der Waals surface area contributed by atoms with E-state index in [0.717, 1.165) is 24.5 Å². The van der Waals surface area contributed by atoms with Crippen molar-refractivity contribution in [2.24, 2.45) is 0 Å². The monoisotopic (exact) mass is 237 g/mol. The lowest BCUT2D eigenvalue weighted by molar-refractivity contribution is 0.678. The van der Waals surface area contributed by atoms with Crippen LogP contribution in [0.2, 0.25) is 5.02 Å². The van der Waals surface area contributed by atoms with Gasteiger partial charge in [-0.05, 0) is 56.1 Å². The zero-order valence-electron chi connectivity index (χ0n) is 10.1. The van der Waals surface area contributed by atoms with Gasteiger partial charge in [0, 0.05) is 5.02 Å². The molecule has 0 aliphatic heterocycles. The summed E-state index contributed by atoms with van der Waals surface area (Å²) in [5.74, 6) is 0. The first kappa shape index (κ1) is 13.3. The van der Waals surface area contributed by atoms with Gasteiger partial charge in [0.25, 0.3) is 0 Å². The molecular weight excluding hydrogens is 218 g/mol. The number of rotatable bonds is 6. The van der Waals surface area contributed by atoms with Crippen LogP contribution < -0.4 is 5.32 Å². The second-order valence-corrected chi connectivity index (χ2v) is 4.37.